The minimum absolute atomic E-state index is 0.00577. The number of rotatable bonds is 5. The van der Waals surface area contributed by atoms with Gasteiger partial charge < -0.3 is 19.9 Å². The van der Waals surface area contributed by atoms with Crippen molar-refractivity contribution < 1.29 is 18.6 Å². The number of nitrogens with one attached hydrogen (secondary N) is 2. The molecule has 30 heavy (non-hydrogen) atoms. The van der Waals surface area contributed by atoms with E-state index in [4.69, 9.17) is 19.9 Å². The predicted molar refractivity (Wildman–Crippen MR) is 108 cm³/mol. The van der Waals surface area contributed by atoms with Crippen LogP contribution in [0.1, 0.15) is 30.0 Å². The molecule has 8 heteroatoms. The average Bonchev–Trinajstić information content (AvgIpc) is 3.17. The molecule has 7 nitrogen and oxygen atoms in total. The summed E-state index contributed by atoms with van der Waals surface area (Å²) in [5.41, 5.74) is 13.8. The van der Waals surface area contributed by atoms with E-state index >= 15 is 0 Å². The lowest BCUT2D eigenvalue weighted by Gasteiger charge is -2.36. The number of ether oxygens (including phenoxy) is 3. The van der Waals surface area contributed by atoms with Crippen molar-refractivity contribution in [2.24, 2.45) is 11.7 Å². The molecule has 2 aliphatic heterocycles. The van der Waals surface area contributed by atoms with Gasteiger partial charge in [0.1, 0.15) is 11.9 Å². The van der Waals surface area contributed by atoms with E-state index in [1.54, 1.807) is 25.3 Å². The van der Waals surface area contributed by atoms with Crippen LogP contribution in [0.5, 0.6) is 11.5 Å². The Morgan fingerprint density at radius 2 is 2.00 bits per heavy atom. The van der Waals surface area contributed by atoms with Crippen LogP contribution >= 0.6 is 0 Å². The van der Waals surface area contributed by atoms with Crippen molar-refractivity contribution in [1.82, 2.24) is 10.9 Å². The number of allylic oxidation sites excluding steroid dienone is 1. The summed E-state index contributed by atoms with van der Waals surface area (Å²) in [6.07, 6.45) is -0.533. The van der Waals surface area contributed by atoms with Gasteiger partial charge in [-0.2, -0.15) is 5.26 Å². The minimum Gasteiger partial charge on any atom is -0.493 e. The van der Waals surface area contributed by atoms with E-state index in [0.717, 1.165) is 5.56 Å². The van der Waals surface area contributed by atoms with E-state index in [-0.39, 0.29) is 23.4 Å². The lowest BCUT2D eigenvalue weighted by atomic mass is 9.74. The molecule has 2 aromatic carbocycles. The Kier molecular flexibility index (Phi) is 5.48. The van der Waals surface area contributed by atoms with Gasteiger partial charge in [0.15, 0.2) is 17.7 Å². The quantitative estimate of drug-likeness (QED) is 0.697. The van der Waals surface area contributed by atoms with Crippen LogP contribution in [0.25, 0.3) is 0 Å². The fourth-order valence-electron chi connectivity index (χ4n) is 4.23. The fourth-order valence-corrected chi connectivity index (χ4v) is 4.23. The van der Waals surface area contributed by atoms with Crippen LogP contribution < -0.4 is 26.1 Å². The second kappa shape index (κ2) is 8.22. The van der Waals surface area contributed by atoms with Gasteiger partial charge in [0.25, 0.3) is 0 Å². The number of benzene rings is 2. The zero-order valence-electron chi connectivity index (χ0n) is 16.7. The molecule has 0 radical (unpaired) electrons. The van der Waals surface area contributed by atoms with Crippen molar-refractivity contribution in [1.29, 1.82) is 5.26 Å². The van der Waals surface area contributed by atoms with Gasteiger partial charge in [-0.15, -0.1) is 0 Å². The molecule has 0 aromatic heterocycles. The van der Waals surface area contributed by atoms with Gasteiger partial charge in [0.2, 0.25) is 5.88 Å². The SMILES string of the molecule is CCOc1ccc(C2NNC3OC(N)=C(C#N)C(c4ccccc4F)C32)cc1OC. The molecule has 4 unspecified atom stereocenters. The van der Waals surface area contributed by atoms with Crippen LogP contribution in [0.3, 0.4) is 0 Å². The molecule has 4 atom stereocenters. The second-order valence-electron chi connectivity index (χ2n) is 7.11. The number of halogens is 1. The highest BCUT2D eigenvalue weighted by Crippen LogP contribution is 2.48. The highest BCUT2D eigenvalue weighted by Gasteiger charge is 2.49. The van der Waals surface area contributed by atoms with Crippen LogP contribution in [0.15, 0.2) is 53.9 Å². The number of methoxy groups -OCH3 is 1. The van der Waals surface area contributed by atoms with Crippen LogP contribution in [0, 0.1) is 23.1 Å². The van der Waals surface area contributed by atoms with Gasteiger partial charge in [0.05, 0.1) is 25.3 Å². The maximum Gasteiger partial charge on any atom is 0.200 e. The van der Waals surface area contributed by atoms with E-state index in [1.807, 2.05) is 25.1 Å². The molecule has 0 saturated carbocycles. The second-order valence-corrected chi connectivity index (χ2v) is 7.11. The number of hydrogen-bond acceptors (Lipinski definition) is 7. The molecule has 2 aliphatic rings. The molecule has 2 aromatic rings. The number of hydrazine groups is 1. The van der Waals surface area contributed by atoms with Gasteiger partial charge in [-0.25, -0.2) is 15.2 Å². The fraction of sp³-hybridized carbons (Fsp3) is 0.318. The molecular weight excluding hydrogens is 387 g/mol. The number of nitriles is 1. The highest BCUT2D eigenvalue weighted by molar-refractivity contribution is 5.47. The van der Waals surface area contributed by atoms with Crippen molar-refractivity contribution in [3.8, 4) is 17.6 Å². The lowest BCUT2D eigenvalue weighted by molar-refractivity contribution is 0.0336. The first kappa shape index (κ1) is 20.0. The first-order valence-corrected chi connectivity index (χ1v) is 9.71. The summed E-state index contributed by atoms with van der Waals surface area (Å²) in [6.45, 7) is 2.42. The molecule has 2 heterocycles. The maximum absolute atomic E-state index is 14.8. The first-order chi connectivity index (χ1) is 14.6. The Labute approximate surface area is 174 Å². The van der Waals surface area contributed by atoms with Crippen molar-refractivity contribution in [2.45, 2.75) is 25.1 Å². The van der Waals surface area contributed by atoms with Gasteiger partial charge in [-0.3, -0.25) is 0 Å². The van der Waals surface area contributed by atoms with E-state index in [0.29, 0.717) is 23.7 Å². The van der Waals surface area contributed by atoms with Crippen LogP contribution in [-0.2, 0) is 4.74 Å². The monoisotopic (exact) mass is 410 g/mol. The number of nitrogens with zero attached hydrogens (tertiary/aromatic N) is 1. The van der Waals surface area contributed by atoms with Crippen molar-refractivity contribution in [3.63, 3.8) is 0 Å². The summed E-state index contributed by atoms with van der Waals surface area (Å²) < 4.78 is 31.6. The molecule has 4 rings (SSSR count). The molecule has 156 valence electrons. The van der Waals surface area contributed by atoms with E-state index in [1.165, 1.54) is 6.07 Å². The Hall–Kier alpha value is -3.28. The molecular formula is C22H23FN4O3. The van der Waals surface area contributed by atoms with Gasteiger partial charge >= 0.3 is 0 Å². The Morgan fingerprint density at radius 1 is 1.20 bits per heavy atom. The van der Waals surface area contributed by atoms with E-state index in [9.17, 15) is 9.65 Å². The molecule has 0 aliphatic carbocycles. The summed E-state index contributed by atoms with van der Waals surface area (Å²) in [5.74, 6) is -0.0654. The number of hydrogen-bond donors (Lipinski definition) is 3. The summed E-state index contributed by atoms with van der Waals surface area (Å²) in [4.78, 5) is 0. The Morgan fingerprint density at radius 3 is 2.70 bits per heavy atom. The third-order valence-electron chi connectivity index (χ3n) is 5.54. The number of fused-ring (bicyclic) bond motifs is 1. The van der Waals surface area contributed by atoms with Crippen molar-refractivity contribution in [2.75, 3.05) is 13.7 Å². The van der Waals surface area contributed by atoms with Gasteiger partial charge in [-0.05, 0) is 36.2 Å². The molecule has 4 N–H and O–H groups in total. The summed E-state index contributed by atoms with van der Waals surface area (Å²) >= 11 is 0. The maximum atomic E-state index is 14.8. The smallest absolute Gasteiger partial charge is 0.200 e. The van der Waals surface area contributed by atoms with Crippen molar-refractivity contribution >= 4 is 0 Å². The summed E-state index contributed by atoms with van der Waals surface area (Å²) in [6, 6.07) is 13.9. The van der Waals surface area contributed by atoms with Crippen LogP contribution in [-0.4, -0.2) is 19.9 Å². The minimum atomic E-state index is -0.583. The van der Waals surface area contributed by atoms with E-state index in [2.05, 4.69) is 16.9 Å². The normalized spacial score (nSPS) is 25.3. The topological polar surface area (TPSA) is 102 Å². The largest absolute Gasteiger partial charge is 0.493 e. The Balaban J connectivity index is 1.80. The van der Waals surface area contributed by atoms with Gasteiger partial charge in [0, 0.05) is 11.8 Å². The zero-order chi connectivity index (χ0) is 21.3. The zero-order valence-corrected chi connectivity index (χ0v) is 16.7. The molecule has 1 saturated heterocycles. The van der Waals surface area contributed by atoms with Crippen LogP contribution in [0.4, 0.5) is 4.39 Å². The summed E-state index contributed by atoms with van der Waals surface area (Å²) in [5, 5.41) is 9.77. The summed E-state index contributed by atoms with van der Waals surface area (Å²) in [7, 11) is 1.58. The molecule has 1 fully saturated rings. The average molecular weight is 410 g/mol. The Bertz CT molecular complexity index is 1020. The lowest BCUT2D eigenvalue weighted by Crippen LogP contribution is -2.41. The predicted octanol–water partition coefficient (Wildman–Crippen LogP) is 2.83. The molecule has 0 amide bonds. The van der Waals surface area contributed by atoms with Crippen LogP contribution in [0.2, 0.25) is 0 Å². The third kappa shape index (κ3) is 3.32. The van der Waals surface area contributed by atoms with Gasteiger partial charge in [-0.1, -0.05) is 24.3 Å². The standard InChI is InChI=1S/C22H23FN4O3/c1-3-29-16-9-8-12(10-17(16)28-2)20-19-18(13-6-4-5-7-15(13)23)14(11-24)21(25)30-22(19)27-26-20/h4-10,18-20,22,26-27H,3,25H2,1-2H3. The molecule has 0 spiro atoms. The number of nitrogens with two attached hydrogens (primary N) is 1. The van der Waals surface area contributed by atoms with Crippen molar-refractivity contribution in [3.05, 3.63) is 70.9 Å². The first-order valence-electron chi connectivity index (χ1n) is 9.71. The third-order valence-corrected chi connectivity index (χ3v) is 5.54. The molecule has 0 bridgehead atoms. The highest BCUT2D eigenvalue weighted by atomic mass is 19.1. The van der Waals surface area contributed by atoms with E-state index < -0.39 is 18.0 Å².